The van der Waals surface area contributed by atoms with Crippen LogP contribution in [0, 0.1) is 0 Å². The van der Waals surface area contributed by atoms with Gasteiger partial charge in [-0.2, -0.15) is 4.80 Å². The summed E-state index contributed by atoms with van der Waals surface area (Å²) in [6.45, 7) is 8.41. The van der Waals surface area contributed by atoms with Crippen molar-refractivity contribution >= 4 is 28.4 Å². The summed E-state index contributed by atoms with van der Waals surface area (Å²) in [6, 6.07) is 13.6. The molecular formula is C30H35N9O5. The van der Waals surface area contributed by atoms with Gasteiger partial charge < -0.3 is 24.4 Å². The van der Waals surface area contributed by atoms with Gasteiger partial charge in [0.2, 0.25) is 5.82 Å². The van der Waals surface area contributed by atoms with E-state index in [4.69, 9.17) is 18.8 Å². The number of anilines is 1. The summed E-state index contributed by atoms with van der Waals surface area (Å²) in [4.78, 5) is 19.1. The summed E-state index contributed by atoms with van der Waals surface area (Å²) in [5.74, 6) is 1.03. The van der Waals surface area contributed by atoms with E-state index in [1.165, 1.54) is 4.80 Å². The minimum Gasteiger partial charge on any atom is -0.495 e. The van der Waals surface area contributed by atoms with E-state index in [2.05, 4.69) is 46.9 Å². The molecule has 4 heterocycles. The molecule has 2 aromatic heterocycles. The minimum absolute atomic E-state index is 0.228. The molecule has 0 spiro atoms. The van der Waals surface area contributed by atoms with Crippen molar-refractivity contribution in [3.05, 3.63) is 71.0 Å². The Morgan fingerprint density at radius 2 is 1.86 bits per heavy atom. The smallest absolute Gasteiger partial charge is 0.495 e. The maximum Gasteiger partial charge on any atom is 0.513 e. The summed E-state index contributed by atoms with van der Waals surface area (Å²) in [5, 5.41) is 24.1. The second-order valence-corrected chi connectivity index (χ2v) is 10.7. The molecule has 1 unspecified atom stereocenters. The molecule has 0 saturated carbocycles. The van der Waals surface area contributed by atoms with Crippen LogP contribution in [0.3, 0.4) is 0 Å². The van der Waals surface area contributed by atoms with Crippen molar-refractivity contribution in [1.82, 2.24) is 40.7 Å². The molecule has 1 atom stereocenters. The number of ether oxygens (including phenoxy) is 3. The number of hydrogen-bond acceptors (Lipinski definition) is 13. The number of aryl methyl sites for hydroxylation is 1. The number of hydrogen-bond donors (Lipinski definition) is 1. The maximum absolute atomic E-state index is 13.0. The first-order valence-electron chi connectivity index (χ1n) is 14.5. The Balaban J connectivity index is 1.09. The molecule has 4 aromatic rings. The fraction of sp³-hybridized carbons (Fsp3) is 0.400. The highest BCUT2D eigenvalue weighted by atomic mass is 16.7. The molecule has 1 fully saturated rings. The SMILES string of the molecule is COc1ccccc1N1CCN(CCCOC(=O)OC2=C(C)NC(C)=C(c3nnn(C)n3)C2c2cccc3nonc23)CC1. The average Bonchev–Trinajstić information content (AvgIpc) is 3.70. The normalized spacial score (nSPS) is 17.6. The van der Waals surface area contributed by atoms with Crippen LogP contribution in [0.15, 0.2) is 64.2 Å². The van der Waals surface area contributed by atoms with E-state index in [-0.39, 0.29) is 6.61 Å². The Labute approximate surface area is 254 Å². The molecule has 14 nitrogen and oxygen atoms in total. The predicted octanol–water partition coefficient (Wildman–Crippen LogP) is 3.47. The number of rotatable bonds is 9. The summed E-state index contributed by atoms with van der Waals surface area (Å²) >= 11 is 0. The van der Waals surface area contributed by atoms with E-state index in [1.807, 2.05) is 44.2 Å². The van der Waals surface area contributed by atoms with Crippen LogP contribution in [0.2, 0.25) is 0 Å². The van der Waals surface area contributed by atoms with Gasteiger partial charge in [-0.05, 0) is 59.6 Å². The first-order chi connectivity index (χ1) is 21.4. The van der Waals surface area contributed by atoms with Gasteiger partial charge in [-0.25, -0.2) is 9.42 Å². The van der Waals surface area contributed by atoms with Crippen molar-refractivity contribution in [2.75, 3.05) is 51.3 Å². The van der Waals surface area contributed by atoms with Crippen molar-refractivity contribution < 1.29 is 23.6 Å². The van der Waals surface area contributed by atoms with Crippen LogP contribution in [-0.4, -0.2) is 88.0 Å². The lowest BCUT2D eigenvalue weighted by Crippen LogP contribution is -2.46. The first-order valence-corrected chi connectivity index (χ1v) is 14.5. The van der Waals surface area contributed by atoms with Gasteiger partial charge in [0, 0.05) is 44.0 Å². The van der Waals surface area contributed by atoms with Crippen molar-refractivity contribution in [3.8, 4) is 5.75 Å². The van der Waals surface area contributed by atoms with E-state index in [9.17, 15) is 4.79 Å². The number of aromatic nitrogens is 6. The molecule has 230 valence electrons. The molecule has 14 heteroatoms. The Morgan fingerprint density at radius 3 is 2.64 bits per heavy atom. The minimum atomic E-state index is -0.788. The standard InChI is InChI=1S/C30H35N9O5/c1-19-25(29-32-36-37(3)33-29)26(21-9-7-10-22-27(21)35-44-34-22)28(20(2)31-19)43-30(40)42-18-8-13-38-14-16-39(17-15-38)23-11-5-6-12-24(23)41-4/h5-7,9-12,26,31H,8,13-18H2,1-4H3. The second-order valence-electron chi connectivity index (χ2n) is 10.7. The third-order valence-corrected chi connectivity index (χ3v) is 7.91. The lowest BCUT2D eigenvalue weighted by atomic mass is 9.84. The van der Waals surface area contributed by atoms with Gasteiger partial charge in [-0.1, -0.05) is 24.3 Å². The van der Waals surface area contributed by atoms with Crippen LogP contribution in [0.1, 0.15) is 37.6 Å². The third kappa shape index (κ3) is 5.93. The van der Waals surface area contributed by atoms with Crippen LogP contribution in [-0.2, 0) is 16.5 Å². The van der Waals surface area contributed by atoms with Gasteiger partial charge in [-0.15, -0.1) is 10.2 Å². The van der Waals surface area contributed by atoms with Crippen molar-refractivity contribution in [2.24, 2.45) is 7.05 Å². The highest BCUT2D eigenvalue weighted by Gasteiger charge is 2.37. The van der Waals surface area contributed by atoms with Crippen LogP contribution in [0.5, 0.6) is 5.75 Å². The van der Waals surface area contributed by atoms with E-state index in [0.717, 1.165) is 55.4 Å². The number of carbonyl (C=O) groups is 1. The number of dihydropyridines is 1. The zero-order valence-corrected chi connectivity index (χ0v) is 25.2. The number of nitrogens with one attached hydrogen (secondary N) is 1. The fourth-order valence-electron chi connectivity index (χ4n) is 5.82. The number of tetrazole rings is 1. The molecule has 0 amide bonds. The molecule has 1 N–H and O–H groups in total. The zero-order chi connectivity index (χ0) is 30.6. The van der Waals surface area contributed by atoms with Gasteiger partial charge in [-0.3, -0.25) is 4.90 Å². The zero-order valence-electron chi connectivity index (χ0n) is 25.2. The topological polar surface area (TPSA) is 146 Å². The number of methoxy groups -OCH3 is 1. The Bertz CT molecular complexity index is 1700. The van der Waals surface area contributed by atoms with Gasteiger partial charge in [0.25, 0.3) is 0 Å². The van der Waals surface area contributed by atoms with Gasteiger partial charge in [0.15, 0.2) is 0 Å². The van der Waals surface area contributed by atoms with Gasteiger partial charge >= 0.3 is 6.16 Å². The van der Waals surface area contributed by atoms with Crippen LogP contribution in [0.25, 0.3) is 16.6 Å². The summed E-state index contributed by atoms with van der Waals surface area (Å²) in [6.07, 6.45) is -0.107. The van der Waals surface area contributed by atoms with Crippen LogP contribution >= 0.6 is 0 Å². The molecule has 44 heavy (non-hydrogen) atoms. The predicted molar refractivity (Wildman–Crippen MR) is 160 cm³/mol. The number of para-hydroxylation sites is 2. The molecule has 2 aliphatic rings. The van der Waals surface area contributed by atoms with Crippen molar-refractivity contribution in [3.63, 3.8) is 0 Å². The van der Waals surface area contributed by atoms with Gasteiger partial charge in [0.05, 0.1) is 38.1 Å². The van der Waals surface area contributed by atoms with Crippen LogP contribution < -0.4 is 15.0 Å². The lowest BCUT2D eigenvalue weighted by Gasteiger charge is -2.36. The Morgan fingerprint density at radius 1 is 1.05 bits per heavy atom. The molecule has 1 saturated heterocycles. The van der Waals surface area contributed by atoms with E-state index < -0.39 is 12.1 Å². The Kier molecular flexibility index (Phi) is 8.41. The highest BCUT2D eigenvalue weighted by Crippen LogP contribution is 2.44. The monoisotopic (exact) mass is 601 g/mol. The number of carbonyl (C=O) groups excluding carboxylic acids is 1. The van der Waals surface area contributed by atoms with Gasteiger partial charge in [0.1, 0.15) is 22.5 Å². The maximum atomic E-state index is 13.0. The van der Waals surface area contributed by atoms with Crippen molar-refractivity contribution in [2.45, 2.75) is 26.2 Å². The summed E-state index contributed by atoms with van der Waals surface area (Å²) < 4.78 is 22.0. The summed E-state index contributed by atoms with van der Waals surface area (Å²) in [5.41, 5.74) is 5.09. The van der Waals surface area contributed by atoms with Crippen LogP contribution in [0.4, 0.5) is 10.5 Å². The molecule has 0 bridgehead atoms. The number of fused-ring (bicyclic) bond motifs is 1. The molecule has 6 rings (SSSR count). The lowest BCUT2D eigenvalue weighted by molar-refractivity contribution is 0.0696. The third-order valence-electron chi connectivity index (χ3n) is 7.91. The first kappa shape index (κ1) is 29.1. The quantitative estimate of drug-likeness (QED) is 0.221. The molecule has 2 aliphatic heterocycles. The van der Waals surface area contributed by atoms with E-state index in [0.29, 0.717) is 40.3 Å². The highest BCUT2D eigenvalue weighted by molar-refractivity contribution is 5.85. The molecular weight excluding hydrogens is 566 g/mol. The van der Waals surface area contributed by atoms with Crippen molar-refractivity contribution in [1.29, 1.82) is 0 Å². The molecule has 0 aliphatic carbocycles. The van der Waals surface area contributed by atoms with E-state index in [1.54, 1.807) is 20.2 Å². The van der Waals surface area contributed by atoms with E-state index >= 15 is 0 Å². The molecule has 2 aromatic carbocycles. The second kappa shape index (κ2) is 12.7. The number of allylic oxidation sites excluding steroid dienone is 3. The number of piperazine rings is 1. The molecule has 0 radical (unpaired) electrons. The fourth-order valence-corrected chi connectivity index (χ4v) is 5.82. The number of nitrogens with zero attached hydrogens (tertiary/aromatic N) is 8. The summed E-state index contributed by atoms with van der Waals surface area (Å²) in [7, 11) is 3.39. The Hall–Kier alpha value is -4.98. The average molecular weight is 602 g/mol. The largest absolute Gasteiger partial charge is 0.513 e. The number of benzene rings is 2.